The molecule has 0 aliphatic heterocycles. The lowest BCUT2D eigenvalue weighted by molar-refractivity contribution is -0.120. The summed E-state index contributed by atoms with van der Waals surface area (Å²) in [5.41, 5.74) is -0.152. The second-order valence-corrected chi connectivity index (χ2v) is 6.66. The van der Waals surface area contributed by atoms with E-state index in [4.69, 9.17) is 0 Å². The molecule has 2 rings (SSSR count). The van der Waals surface area contributed by atoms with E-state index in [9.17, 15) is 19.1 Å². The Kier molecular flexibility index (Phi) is 4.43. The fourth-order valence-corrected chi connectivity index (χ4v) is 3.83. The number of carbonyl (C=O) groups excluding carboxylic acids is 1. The van der Waals surface area contributed by atoms with Crippen LogP contribution in [0.2, 0.25) is 0 Å². The topological polar surface area (TPSA) is 74.6 Å². The van der Waals surface area contributed by atoms with Crippen molar-refractivity contribution in [3.8, 4) is 0 Å². The SMILES string of the molecule is CC(=O)C(CP(=O)(O)O)(c1ccccc1)c1ccccc1. The number of Topliss-reactive ketones (excluding diaryl/α,β-unsaturated/α-hetero) is 1. The molecule has 0 heterocycles. The van der Waals surface area contributed by atoms with Gasteiger partial charge in [0.25, 0.3) is 0 Å². The average molecular weight is 304 g/mol. The van der Waals surface area contributed by atoms with Gasteiger partial charge in [-0.15, -0.1) is 0 Å². The van der Waals surface area contributed by atoms with Crippen LogP contribution in [0.25, 0.3) is 0 Å². The summed E-state index contributed by atoms with van der Waals surface area (Å²) in [7, 11) is -4.39. The Balaban J connectivity index is 2.73. The first kappa shape index (κ1) is 15.6. The Morgan fingerprint density at radius 3 is 1.62 bits per heavy atom. The highest BCUT2D eigenvalue weighted by Gasteiger charge is 2.44. The van der Waals surface area contributed by atoms with Crippen molar-refractivity contribution in [2.45, 2.75) is 12.3 Å². The molecule has 0 atom stereocenters. The quantitative estimate of drug-likeness (QED) is 0.833. The van der Waals surface area contributed by atoms with Crippen LogP contribution < -0.4 is 0 Å². The molecule has 0 saturated carbocycles. The molecular weight excluding hydrogens is 287 g/mol. The van der Waals surface area contributed by atoms with Crippen LogP contribution in [0.4, 0.5) is 0 Å². The number of benzene rings is 2. The van der Waals surface area contributed by atoms with Crippen LogP contribution in [0.3, 0.4) is 0 Å². The molecule has 0 spiro atoms. The van der Waals surface area contributed by atoms with Crippen LogP contribution in [0.1, 0.15) is 18.1 Å². The normalized spacial score (nSPS) is 12.1. The number of hydrogen-bond acceptors (Lipinski definition) is 2. The van der Waals surface area contributed by atoms with Gasteiger partial charge in [0.05, 0.1) is 11.6 Å². The number of carbonyl (C=O) groups is 1. The molecule has 0 bridgehead atoms. The molecular formula is C16H17O4P. The Hall–Kier alpha value is -1.74. The van der Waals surface area contributed by atoms with E-state index in [1.54, 1.807) is 60.7 Å². The highest BCUT2D eigenvalue weighted by atomic mass is 31.2. The third kappa shape index (κ3) is 3.30. The van der Waals surface area contributed by atoms with Gasteiger partial charge in [-0.05, 0) is 18.1 Å². The third-order valence-corrected chi connectivity index (χ3v) is 4.46. The zero-order valence-corrected chi connectivity index (χ0v) is 12.5. The maximum absolute atomic E-state index is 12.4. The predicted molar refractivity (Wildman–Crippen MR) is 81.3 cm³/mol. The first-order valence-corrected chi connectivity index (χ1v) is 8.33. The standard InChI is InChI=1S/C16H17O4P/c1-13(17)16(12-21(18,19)20,14-8-4-2-5-9-14)15-10-6-3-7-11-15/h2-11H,12H2,1H3,(H2,18,19,20). The third-order valence-electron chi connectivity index (χ3n) is 3.58. The van der Waals surface area contributed by atoms with Gasteiger partial charge in [0.15, 0.2) is 0 Å². The molecule has 21 heavy (non-hydrogen) atoms. The van der Waals surface area contributed by atoms with Crippen LogP contribution in [0.5, 0.6) is 0 Å². The monoisotopic (exact) mass is 304 g/mol. The molecule has 110 valence electrons. The van der Waals surface area contributed by atoms with Gasteiger partial charge in [-0.1, -0.05) is 60.7 Å². The van der Waals surface area contributed by atoms with Crippen molar-refractivity contribution in [1.82, 2.24) is 0 Å². The molecule has 5 heteroatoms. The van der Waals surface area contributed by atoms with E-state index in [0.717, 1.165) is 0 Å². The van der Waals surface area contributed by atoms with Crippen molar-refractivity contribution < 1.29 is 19.1 Å². The highest BCUT2D eigenvalue weighted by molar-refractivity contribution is 7.51. The van der Waals surface area contributed by atoms with Gasteiger partial charge in [0, 0.05) is 0 Å². The van der Waals surface area contributed by atoms with E-state index in [0.29, 0.717) is 11.1 Å². The van der Waals surface area contributed by atoms with Gasteiger partial charge < -0.3 is 9.79 Å². The van der Waals surface area contributed by atoms with Crippen molar-refractivity contribution in [2.24, 2.45) is 0 Å². The zero-order chi connectivity index (χ0) is 15.5. The molecule has 0 fully saturated rings. The molecule has 4 nitrogen and oxygen atoms in total. The number of hydrogen-bond donors (Lipinski definition) is 2. The van der Waals surface area contributed by atoms with Crippen LogP contribution in [-0.4, -0.2) is 21.7 Å². The Labute approximate surface area is 123 Å². The van der Waals surface area contributed by atoms with E-state index in [2.05, 4.69) is 0 Å². The molecule has 2 aromatic carbocycles. The second-order valence-electron chi connectivity index (χ2n) is 5.02. The summed E-state index contributed by atoms with van der Waals surface area (Å²) in [5.74, 6) is -0.289. The summed E-state index contributed by atoms with van der Waals surface area (Å²) in [4.78, 5) is 31.4. The molecule has 2 aromatic rings. The second kappa shape index (κ2) is 5.94. The Morgan fingerprint density at radius 1 is 0.952 bits per heavy atom. The fraction of sp³-hybridized carbons (Fsp3) is 0.188. The van der Waals surface area contributed by atoms with Crippen molar-refractivity contribution in [2.75, 3.05) is 6.16 Å². The number of rotatable bonds is 5. The minimum atomic E-state index is -4.39. The van der Waals surface area contributed by atoms with E-state index in [1.807, 2.05) is 0 Å². The molecule has 0 unspecified atom stereocenters. The molecule has 0 amide bonds. The van der Waals surface area contributed by atoms with E-state index < -0.39 is 19.2 Å². The van der Waals surface area contributed by atoms with Gasteiger partial charge in [-0.3, -0.25) is 9.36 Å². The van der Waals surface area contributed by atoms with Crippen LogP contribution >= 0.6 is 7.60 Å². The predicted octanol–water partition coefficient (Wildman–Crippen LogP) is 2.74. The molecule has 0 radical (unpaired) electrons. The molecule has 2 N–H and O–H groups in total. The van der Waals surface area contributed by atoms with Gasteiger partial charge in [-0.25, -0.2) is 0 Å². The van der Waals surface area contributed by atoms with Crippen LogP contribution in [-0.2, 0) is 14.8 Å². The van der Waals surface area contributed by atoms with Gasteiger partial charge in [-0.2, -0.15) is 0 Å². The summed E-state index contributed by atoms with van der Waals surface area (Å²) >= 11 is 0. The average Bonchev–Trinajstić information content (AvgIpc) is 2.45. The van der Waals surface area contributed by atoms with E-state index >= 15 is 0 Å². The van der Waals surface area contributed by atoms with E-state index in [-0.39, 0.29) is 5.78 Å². The maximum atomic E-state index is 12.4. The van der Waals surface area contributed by atoms with Crippen LogP contribution in [0.15, 0.2) is 60.7 Å². The van der Waals surface area contributed by atoms with Gasteiger partial charge in [0.1, 0.15) is 5.78 Å². The lowest BCUT2D eigenvalue weighted by Crippen LogP contribution is -2.39. The summed E-state index contributed by atoms with van der Waals surface area (Å²) < 4.78 is 11.6. The molecule has 0 aliphatic carbocycles. The Morgan fingerprint density at radius 2 is 1.33 bits per heavy atom. The minimum Gasteiger partial charge on any atom is -0.324 e. The van der Waals surface area contributed by atoms with Crippen molar-refractivity contribution in [3.63, 3.8) is 0 Å². The first-order chi connectivity index (χ1) is 9.86. The largest absolute Gasteiger partial charge is 0.327 e. The van der Waals surface area contributed by atoms with Crippen molar-refractivity contribution >= 4 is 13.4 Å². The maximum Gasteiger partial charge on any atom is 0.327 e. The lowest BCUT2D eigenvalue weighted by atomic mass is 9.73. The summed E-state index contributed by atoms with van der Waals surface area (Å²) in [5, 5.41) is 0. The first-order valence-electron chi connectivity index (χ1n) is 6.53. The van der Waals surface area contributed by atoms with Gasteiger partial charge in [0.2, 0.25) is 0 Å². The fourth-order valence-electron chi connectivity index (χ4n) is 2.62. The lowest BCUT2D eigenvalue weighted by Gasteiger charge is -2.32. The Bertz CT molecular complexity index is 622. The molecule has 0 aromatic heterocycles. The minimum absolute atomic E-state index is 0.289. The molecule has 0 saturated heterocycles. The highest BCUT2D eigenvalue weighted by Crippen LogP contribution is 2.47. The van der Waals surface area contributed by atoms with Gasteiger partial charge >= 0.3 is 7.60 Å². The van der Waals surface area contributed by atoms with E-state index in [1.165, 1.54) is 6.92 Å². The van der Waals surface area contributed by atoms with Crippen LogP contribution in [0, 0.1) is 0 Å². The molecule has 0 aliphatic rings. The summed E-state index contributed by atoms with van der Waals surface area (Å²) in [6.07, 6.45) is -0.538. The van der Waals surface area contributed by atoms with Crippen molar-refractivity contribution in [3.05, 3.63) is 71.8 Å². The van der Waals surface area contributed by atoms with Crippen molar-refractivity contribution in [1.29, 1.82) is 0 Å². The zero-order valence-electron chi connectivity index (χ0n) is 11.6. The summed E-state index contributed by atoms with van der Waals surface area (Å²) in [6, 6.07) is 17.5. The smallest absolute Gasteiger partial charge is 0.324 e. The summed E-state index contributed by atoms with van der Waals surface area (Å²) in [6.45, 7) is 1.37. The number of ketones is 1.